The van der Waals surface area contributed by atoms with Crippen LogP contribution in [-0.4, -0.2) is 62.3 Å². The lowest BCUT2D eigenvalue weighted by Crippen LogP contribution is -2.55. The molecule has 0 amide bonds. The Bertz CT molecular complexity index is 841. The van der Waals surface area contributed by atoms with E-state index >= 15 is 0 Å². The Kier molecular flexibility index (Phi) is 5.63. The van der Waals surface area contributed by atoms with Crippen molar-refractivity contribution in [1.82, 2.24) is 9.88 Å². The molecule has 1 aromatic heterocycles. The molecule has 3 heterocycles. The third-order valence-corrected chi connectivity index (χ3v) is 5.86. The lowest BCUT2D eigenvalue weighted by Gasteiger charge is -2.44. The molecule has 2 aliphatic heterocycles. The topological polar surface area (TPSA) is 55.6 Å². The van der Waals surface area contributed by atoms with Crippen LogP contribution in [0.3, 0.4) is 0 Å². The van der Waals surface area contributed by atoms with Crippen LogP contribution in [0.5, 0.6) is 5.75 Å². The molecule has 0 N–H and O–H groups in total. The summed E-state index contributed by atoms with van der Waals surface area (Å²) in [5, 5.41) is 9.40. The molecular weight excluding hydrogens is 350 g/mol. The maximum atomic E-state index is 9.40. The number of piperazine rings is 1. The van der Waals surface area contributed by atoms with E-state index < -0.39 is 0 Å². The van der Waals surface area contributed by atoms with Gasteiger partial charge in [-0.1, -0.05) is 12.1 Å². The Morgan fingerprint density at radius 3 is 2.64 bits per heavy atom. The normalized spacial score (nSPS) is 20.6. The zero-order valence-corrected chi connectivity index (χ0v) is 16.4. The smallest absolute Gasteiger partial charge is 0.146 e. The zero-order valence-electron chi connectivity index (χ0n) is 16.4. The Morgan fingerprint density at radius 2 is 1.86 bits per heavy atom. The number of piperidine rings is 1. The van der Waals surface area contributed by atoms with Gasteiger partial charge in [-0.2, -0.15) is 5.26 Å². The van der Waals surface area contributed by atoms with Gasteiger partial charge in [0, 0.05) is 51.5 Å². The van der Waals surface area contributed by atoms with Crippen LogP contribution < -0.4 is 14.5 Å². The molecule has 2 aromatic rings. The van der Waals surface area contributed by atoms with Crippen molar-refractivity contribution in [1.29, 1.82) is 5.26 Å². The van der Waals surface area contributed by atoms with Gasteiger partial charge in [-0.25, -0.2) is 4.98 Å². The van der Waals surface area contributed by atoms with Crippen molar-refractivity contribution in [3.05, 3.63) is 48.2 Å². The van der Waals surface area contributed by atoms with Gasteiger partial charge in [-0.05, 0) is 37.1 Å². The molecule has 0 spiro atoms. The Balaban J connectivity index is 1.40. The van der Waals surface area contributed by atoms with E-state index in [-0.39, 0.29) is 0 Å². The van der Waals surface area contributed by atoms with E-state index in [4.69, 9.17) is 4.74 Å². The number of hydrogen-bond acceptors (Lipinski definition) is 6. The quantitative estimate of drug-likeness (QED) is 0.817. The number of para-hydroxylation sites is 2. The number of benzene rings is 1. The van der Waals surface area contributed by atoms with E-state index in [0.717, 1.165) is 57.3 Å². The van der Waals surface area contributed by atoms with Gasteiger partial charge in [0.25, 0.3) is 0 Å². The van der Waals surface area contributed by atoms with E-state index in [1.54, 1.807) is 13.3 Å². The van der Waals surface area contributed by atoms with Crippen LogP contribution in [-0.2, 0) is 0 Å². The summed E-state index contributed by atoms with van der Waals surface area (Å²) in [6.45, 7) is 6.02. The molecule has 0 aliphatic carbocycles. The van der Waals surface area contributed by atoms with Crippen LogP contribution in [0.4, 0.5) is 11.5 Å². The molecule has 0 unspecified atom stereocenters. The standard InChI is InChI=1S/C22H27N5O/c1-28-21-9-3-2-8-20(21)26-14-12-25(13-15-26)19-7-5-11-27(17-19)22-18(16-23)6-4-10-24-22/h2-4,6,8-10,19H,5,7,11-15,17H2,1H3/t19-/m1/s1. The minimum absolute atomic E-state index is 0.516. The average molecular weight is 377 g/mol. The van der Waals surface area contributed by atoms with Crippen LogP contribution in [0.1, 0.15) is 18.4 Å². The summed E-state index contributed by atoms with van der Waals surface area (Å²) in [4.78, 5) is 11.8. The van der Waals surface area contributed by atoms with Gasteiger partial charge in [0.2, 0.25) is 0 Å². The SMILES string of the molecule is COc1ccccc1N1CCN([C@@H]2CCCN(c3ncccc3C#N)C2)CC1. The first-order chi connectivity index (χ1) is 13.8. The minimum atomic E-state index is 0.516. The highest BCUT2D eigenvalue weighted by Gasteiger charge is 2.29. The predicted octanol–water partition coefficient (Wildman–Crippen LogP) is 2.75. The molecule has 0 bridgehead atoms. The summed E-state index contributed by atoms with van der Waals surface area (Å²) in [5.41, 5.74) is 1.85. The number of nitriles is 1. The Hall–Kier alpha value is -2.78. The number of ether oxygens (including phenoxy) is 1. The summed E-state index contributed by atoms with van der Waals surface area (Å²) in [7, 11) is 1.73. The molecular formula is C22H27N5O. The molecule has 6 heteroatoms. The molecule has 2 saturated heterocycles. The molecule has 1 atom stereocenters. The van der Waals surface area contributed by atoms with Gasteiger partial charge in [-0.15, -0.1) is 0 Å². The predicted molar refractivity (Wildman–Crippen MR) is 111 cm³/mol. The number of rotatable bonds is 4. The minimum Gasteiger partial charge on any atom is -0.495 e. The summed E-state index contributed by atoms with van der Waals surface area (Å²) in [6, 6.07) is 14.8. The first-order valence-electron chi connectivity index (χ1n) is 10.0. The van der Waals surface area contributed by atoms with E-state index in [1.807, 2.05) is 24.3 Å². The molecule has 28 heavy (non-hydrogen) atoms. The highest BCUT2D eigenvalue weighted by atomic mass is 16.5. The number of methoxy groups -OCH3 is 1. The van der Waals surface area contributed by atoms with E-state index in [9.17, 15) is 5.26 Å². The summed E-state index contributed by atoms with van der Waals surface area (Å²) < 4.78 is 5.53. The highest BCUT2D eigenvalue weighted by molar-refractivity contribution is 5.58. The first-order valence-corrected chi connectivity index (χ1v) is 10.0. The van der Waals surface area contributed by atoms with Crippen molar-refractivity contribution in [3.63, 3.8) is 0 Å². The van der Waals surface area contributed by atoms with Crippen molar-refractivity contribution >= 4 is 11.5 Å². The fourth-order valence-corrected chi connectivity index (χ4v) is 4.40. The van der Waals surface area contributed by atoms with Gasteiger partial charge in [0.1, 0.15) is 17.6 Å². The third-order valence-electron chi connectivity index (χ3n) is 5.86. The van der Waals surface area contributed by atoms with Crippen molar-refractivity contribution in [3.8, 4) is 11.8 Å². The second-order valence-corrected chi connectivity index (χ2v) is 7.42. The number of anilines is 2. The zero-order chi connectivity index (χ0) is 19.3. The largest absolute Gasteiger partial charge is 0.495 e. The summed E-state index contributed by atoms with van der Waals surface area (Å²) >= 11 is 0. The number of nitrogens with zero attached hydrogens (tertiary/aromatic N) is 5. The van der Waals surface area contributed by atoms with Crippen molar-refractivity contribution in [2.24, 2.45) is 0 Å². The molecule has 146 valence electrons. The second kappa shape index (κ2) is 8.49. The average Bonchev–Trinajstić information content (AvgIpc) is 2.79. The van der Waals surface area contributed by atoms with Gasteiger partial charge in [-0.3, -0.25) is 4.90 Å². The molecule has 2 fully saturated rings. The Morgan fingerprint density at radius 1 is 1.04 bits per heavy atom. The van der Waals surface area contributed by atoms with Crippen LogP contribution >= 0.6 is 0 Å². The number of aromatic nitrogens is 1. The second-order valence-electron chi connectivity index (χ2n) is 7.42. The molecule has 4 rings (SSSR count). The maximum Gasteiger partial charge on any atom is 0.146 e. The lowest BCUT2D eigenvalue weighted by atomic mass is 10.0. The molecule has 0 radical (unpaired) electrons. The molecule has 0 saturated carbocycles. The van der Waals surface area contributed by atoms with Crippen LogP contribution in [0, 0.1) is 11.3 Å². The van der Waals surface area contributed by atoms with E-state index in [2.05, 4.69) is 37.9 Å². The van der Waals surface area contributed by atoms with Crippen LogP contribution in [0.2, 0.25) is 0 Å². The van der Waals surface area contributed by atoms with Crippen LogP contribution in [0.25, 0.3) is 0 Å². The highest BCUT2D eigenvalue weighted by Crippen LogP contribution is 2.29. The van der Waals surface area contributed by atoms with Gasteiger partial charge >= 0.3 is 0 Å². The van der Waals surface area contributed by atoms with Gasteiger partial charge in [0.15, 0.2) is 0 Å². The van der Waals surface area contributed by atoms with Crippen molar-refractivity contribution in [2.45, 2.75) is 18.9 Å². The molecule has 6 nitrogen and oxygen atoms in total. The van der Waals surface area contributed by atoms with Gasteiger partial charge in [0.05, 0.1) is 18.4 Å². The van der Waals surface area contributed by atoms with Crippen molar-refractivity contribution in [2.75, 3.05) is 56.2 Å². The monoisotopic (exact) mass is 377 g/mol. The maximum absolute atomic E-state index is 9.40. The van der Waals surface area contributed by atoms with Crippen molar-refractivity contribution < 1.29 is 4.74 Å². The molecule has 2 aliphatic rings. The Labute approximate surface area is 166 Å². The fourth-order valence-electron chi connectivity index (χ4n) is 4.40. The summed E-state index contributed by atoms with van der Waals surface area (Å²) in [5.74, 6) is 1.78. The summed E-state index contributed by atoms with van der Waals surface area (Å²) in [6.07, 6.45) is 4.13. The first kappa shape index (κ1) is 18.6. The molecule has 1 aromatic carbocycles. The number of pyridine rings is 1. The lowest BCUT2D eigenvalue weighted by molar-refractivity contribution is 0.166. The third kappa shape index (κ3) is 3.76. The van der Waals surface area contributed by atoms with Gasteiger partial charge < -0.3 is 14.5 Å². The van der Waals surface area contributed by atoms with E-state index in [1.165, 1.54) is 12.1 Å². The van der Waals surface area contributed by atoms with Crippen LogP contribution in [0.15, 0.2) is 42.6 Å². The van der Waals surface area contributed by atoms with E-state index in [0.29, 0.717) is 11.6 Å². The number of hydrogen-bond donors (Lipinski definition) is 0. The fraction of sp³-hybridized carbons (Fsp3) is 0.455.